The number of phenolic OH excluding ortho intramolecular Hbond substituents is 1. The maximum atomic E-state index is 14.5. The van der Waals surface area contributed by atoms with Crippen molar-refractivity contribution in [3.05, 3.63) is 69.4 Å². The molecule has 7 nitrogen and oxygen atoms in total. The van der Waals surface area contributed by atoms with Gasteiger partial charge in [-0.2, -0.15) is 0 Å². The molecule has 6 fully saturated rings. The van der Waals surface area contributed by atoms with Gasteiger partial charge in [0.15, 0.2) is 22.9 Å². The van der Waals surface area contributed by atoms with Gasteiger partial charge < -0.3 is 9.84 Å². The maximum Gasteiger partial charge on any atom is 0.250 e. The molecule has 10 rings (SSSR count). The van der Waals surface area contributed by atoms with Gasteiger partial charge in [-0.05, 0) is 157 Å². The van der Waals surface area contributed by atoms with E-state index in [1.807, 2.05) is 18.2 Å². The highest BCUT2D eigenvalue weighted by Crippen LogP contribution is 2.76. The Morgan fingerprint density at radius 1 is 0.603 bits per heavy atom. The van der Waals surface area contributed by atoms with Crippen LogP contribution in [0.2, 0.25) is 0 Å². The second kappa shape index (κ2) is 12.7. The zero-order chi connectivity index (χ0) is 45.6. The Morgan fingerprint density at radius 2 is 1.13 bits per heavy atom. The van der Waals surface area contributed by atoms with Gasteiger partial charge in [0.05, 0.1) is 0 Å². The molecule has 1 N–H and O–H groups in total. The summed E-state index contributed by atoms with van der Waals surface area (Å²) in [6, 6.07) is 1.82. The van der Waals surface area contributed by atoms with Gasteiger partial charge in [0, 0.05) is 52.2 Å². The van der Waals surface area contributed by atoms with Crippen LogP contribution in [0.15, 0.2) is 52.7 Å². The number of ether oxygens (including phenoxy) is 1. The Balaban J connectivity index is 1.04. The van der Waals surface area contributed by atoms with Gasteiger partial charge in [-0.25, -0.2) is 0 Å². The first-order valence-electron chi connectivity index (χ1n) is 24.3. The number of ketones is 5. The predicted octanol–water partition coefficient (Wildman–Crippen LogP) is 11.6. The molecule has 0 spiro atoms. The summed E-state index contributed by atoms with van der Waals surface area (Å²) in [5.74, 6) is 0.0838. The highest BCUT2D eigenvalue weighted by molar-refractivity contribution is 6.46. The van der Waals surface area contributed by atoms with Crippen molar-refractivity contribution in [3.8, 4) is 11.5 Å². The summed E-state index contributed by atoms with van der Waals surface area (Å²) >= 11 is 0. The molecule has 7 heteroatoms. The topological polar surface area (TPSA) is 115 Å². The fourth-order valence-corrected chi connectivity index (χ4v) is 17.4. The van der Waals surface area contributed by atoms with E-state index in [0.717, 1.165) is 80.9 Å². The van der Waals surface area contributed by atoms with Gasteiger partial charge >= 0.3 is 0 Å². The fraction of sp³-hybridized carbons (Fsp3) is 0.661. The molecule has 0 saturated heterocycles. The zero-order valence-corrected chi connectivity index (χ0v) is 40.1. The lowest BCUT2D eigenvalue weighted by molar-refractivity contribution is -0.162. The number of hydrogen-bond acceptors (Lipinski definition) is 7. The van der Waals surface area contributed by atoms with Gasteiger partial charge in [0.2, 0.25) is 11.6 Å². The SMILES string of the molecule is Cc1c(O)c(O[C@@]2(C)C(=O)C(=O)C=C3C2=CC=C2[C@@]3(C)CC[C@@]3(C)[C@@H]4C[C@@H](C)C(=O)C[C@]4(C)CC[C@]23C)cc2c1C(=O)C=C1[C@@]2(C)CC[C@@]2(C)[C@@H]3C[C@@H](C)C(=O)C[C@]3(C)CC[C@]12C. The largest absolute Gasteiger partial charge is 0.504 e. The second-order valence-corrected chi connectivity index (χ2v) is 24.9. The molecule has 1 aromatic carbocycles. The molecule has 63 heavy (non-hydrogen) atoms. The average Bonchev–Trinajstić information content (AvgIpc) is 3.21. The van der Waals surface area contributed by atoms with Crippen molar-refractivity contribution in [2.24, 2.45) is 61.6 Å². The minimum atomic E-state index is -1.73. The smallest absolute Gasteiger partial charge is 0.250 e. The third-order valence-electron chi connectivity index (χ3n) is 21.9. The van der Waals surface area contributed by atoms with E-state index >= 15 is 0 Å². The zero-order valence-electron chi connectivity index (χ0n) is 40.1. The van der Waals surface area contributed by atoms with Crippen LogP contribution in [0, 0.1) is 68.5 Å². The normalized spacial score (nSPS) is 47.5. The van der Waals surface area contributed by atoms with Crippen molar-refractivity contribution in [2.75, 3.05) is 0 Å². The van der Waals surface area contributed by atoms with Crippen molar-refractivity contribution in [3.63, 3.8) is 0 Å². The van der Waals surface area contributed by atoms with E-state index in [4.69, 9.17) is 4.74 Å². The number of carbonyl (C=O) groups excluding carboxylic acids is 5. The number of phenols is 1. The van der Waals surface area contributed by atoms with Gasteiger partial charge in [-0.15, -0.1) is 0 Å². The van der Waals surface area contributed by atoms with Gasteiger partial charge in [-0.3, -0.25) is 24.0 Å². The lowest BCUT2D eigenvalue weighted by Gasteiger charge is -2.69. The Bertz CT molecular complexity index is 2520. The summed E-state index contributed by atoms with van der Waals surface area (Å²) in [5.41, 5.74) is 2.04. The van der Waals surface area contributed by atoms with E-state index in [2.05, 4.69) is 75.3 Å². The number of benzene rings is 1. The third kappa shape index (κ3) is 5.07. The monoisotopic (exact) mass is 855 g/mol. The Labute approximate surface area is 375 Å². The predicted molar refractivity (Wildman–Crippen MR) is 243 cm³/mol. The van der Waals surface area contributed by atoms with Crippen molar-refractivity contribution in [1.29, 1.82) is 0 Å². The van der Waals surface area contributed by atoms with Gasteiger partial charge in [-0.1, -0.05) is 87.0 Å². The number of allylic oxidation sites excluding steroid dienone is 6. The summed E-state index contributed by atoms with van der Waals surface area (Å²) in [6.45, 7) is 26.4. The molecule has 9 aliphatic rings. The van der Waals surface area contributed by atoms with Crippen LogP contribution in [-0.2, 0) is 24.6 Å². The molecule has 0 amide bonds. The summed E-state index contributed by atoms with van der Waals surface area (Å²) < 4.78 is 6.92. The molecule has 0 aliphatic heterocycles. The summed E-state index contributed by atoms with van der Waals surface area (Å²) in [5, 5.41) is 12.0. The summed E-state index contributed by atoms with van der Waals surface area (Å²) in [4.78, 5) is 69.2. The lowest BCUT2D eigenvalue weighted by Crippen LogP contribution is -2.62. The minimum Gasteiger partial charge on any atom is -0.504 e. The third-order valence-corrected chi connectivity index (χ3v) is 21.9. The number of aromatic hydroxyl groups is 1. The van der Waals surface area contributed by atoms with E-state index in [9.17, 15) is 29.1 Å². The van der Waals surface area contributed by atoms with Crippen LogP contribution >= 0.6 is 0 Å². The van der Waals surface area contributed by atoms with Crippen LogP contribution in [0.4, 0.5) is 0 Å². The number of rotatable bonds is 2. The minimum absolute atomic E-state index is 0.0252. The first-order chi connectivity index (χ1) is 29.2. The van der Waals surface area contributed by atoms with E-state index < -0.39 is 28.0 Å². The van der Waals surface area contributed by atoms with Gasteiger partial charge in [0.1, 0.15) is 11.6 Å². The van der Waals surface area contributed by atoms with E-state index in [1.54, 1.807) is 19.9 Å². The first kappa shape index (κ1) is 43.0. The van der Waals surface area contributed by atoms with Crippen molar-refractivity contribution >= 4 is 28.9 Å². The average molecular weight is 855 g/mol. The Kier molecular flexibility index (Phi) is 8.69. The van der Waals surface area contributed by atoms with Crippen LogP contribution in [0.1, 0.15) is 175 Å². The van der Waals surface area contributed by atoms with E-state index in [0.29, 0.717) is 52.9 Å². The van der Waals surface area contributed by atoms with Crippen LogP contribution in [-0.4, -0.2) is 39.6 Å². The van der Waals surface area contributed by atoms with Crippen LogP contribution in [0.5, 0.6) is 11.5 Å². The highest BCUT2D eigenvalue weighted by atomic mass is 16.5. The Morgan fingerprint density at radius 3 is 1.68 bits per heavy atom. The Hall–Kier alpha value is -3.87. The molecule has 1 aromatic rings. The van der Waals surface area contributed by atoms with Crippen LogP contribution in [0.25, 0.3) is 0 Å². The van der Waals surface area contributed by atoms with Gasteiger partial charge in [0.25, 0.3) is 0 Å². The molecule has 0 unspecified atom stereocenters. The first-order valence-corrected chi connectivity index (χ1v) is 24.3. The van der Waals surface area contributed by atoms with Crippen molar-refractivity contribution in [1.82, 2.24) is 0 Å². The van der Waals surface area contributed by atoms with E-state index in [1.165, 1.54) is 5.57 Å². The molecule has 0 aromatic heterocycles. The maximum absolute atomic E-state index is 14.5. The van der Waals surface area contributed by atoms with Crippen LogP contribution < -0.4 is 4.74 Å². The fourth-order valence-electron chi connectivity index (χ4n) is 17.4. The molecule has 0 bridgehead atoms. The molecule has 336 valence electrons. The quantitative estimate of drug-likeness (QED) is 0.295. The molecule has 6 saturated carbocycles. The number of hydrogen-bond donors (Lipinski definition) is 1. The second-order valence-electron chi connectivity index (χ2n) is 24.9. The van der Waals surface area contributed by atoms with E-state index in [-0.39, 0.29) is 61.6 Å². The highest BCUT2D eigenvalue weighted by Gasteiger charge is 2.69. The van der Waals surface area contributed by atoms with Crippen molar-refractivity contribution < 1.29 is 33.8 Å². The molecule has 13 atom stereocenters. The molecular weight excluding hydrogens is 785 g/mol. The molecule has 9 aliphatic carbocycles. The summed E-state index contributed by atoms with van der Waals surface area (Å²) in [7, 11) is 0. The number of carbonyl (C=O) groups is 5. The van der Waals surface area contributed by atoms with Crippen molar-refractivity contribution in [2.45, 2.75) is 171 Å². The lowest BCUT2D eigenvalue weighted by atomic mass is 9.35. The summed E-state index contributed by atoms with van der Waals surface area (Å²) in [6.07, 6.45) is 17.9. The number of Topliss-reactive ketones (excluding diaryl/α,β-unsaturated/α-hetero) is 3. The molecule has 0 heterocycles. The molecule has 0 radical (unpaired) electrons. The molecular formula is C56H70O7. The standard InChI is InChI=1S/C56H70O7/c1-30-23-42-48(4,28-38(30)59)15-19-52(8)41-14-13-33-34(50(41,6)17-21-53(42,52)9)25-37(58)47(62)56(33,12)63-40-26-35-45(32(3)46(40)61)36(57)27-44-51(35,7)18-22-54(10)43-24-31(2)39(60)29-49(43,5)16-20-55(44,54)11/h13-14,25-27,30-31,42-43,61H,15-24,28-29H2,1-12H3/t30-,31-,42-,43-,48+,49+,50+,51+,52-,53+,54+,55-,56-/m1/s1. The number of fused-ring (bicyclic) bond motifs is 14. The van der Waals surface area contributed by atoms with Crippen LogP contribution in [0.3, 0.4) is 0 Å².